The Labute approximate surface area is 113 Å². The van der Waals surface area contributed by atoms with Crippen LogP contribution in [0.15, 0.2) is 18.2 Å². The van der Waals surface area contributed by atoms with Crippen molar-refractivity contribution in [2.24, 2.45) is 5.92 Å². The van der Waals surface area contributed by atoms with Gasteiger partial charge in [0.15, 0.2) is 0 Å². The van der Waals surface area contributed by atoms with Gasteiger partial charge in [-0.15, -0.1) is 0 Å². The minimum Gasteiger partial charge on any atom is -0.496 e. The Morgan fingerprint density at radius 2 is 1.95 bits per heavy atom. The highest BCUT2D eigenvalue weighted by Crippen LogP contribution is 2.28. The summed E-state index contributed by atoms with van der Waals surface area (Å²) in [5, 5.41) is 6.13. The Morgan fingerprint density at radius 1 is 1.32 bits per heavy atom. The maximum atomic E-state index is 12.0. The third kappa shape index (κ3) is 3.38. The second-order valence-corrected chi connectivity index (χ2v) is 4.65. The molecule has 1 saturated heterocycles. The molecule has 1 aliphatic heterocycles. The Balaban J connectivity index is 1.98. The number of benzene rings is 1. The molecule has 0 spiro atoms. The van der Waals surface area contributed by atoms with Crippen molar-refractivity contribution >= 4 is 5.91 Å². The first-order chi connectivity index (χ1) is 9.24. The van der Waals surface area contributed by atoms with E-state index in [2.05, 4.69) is 10.6 Å². The van der Waals surface area contributed by atoms with Gasteiger partial charge in [0.2, 0.25) is 5.91 Å². The molecule has 1 aromatic rings. The topological polar surface area (TPSA) is 59.6 Å². The third-order valence-corrected chi connectivity index (χ3v) is 3.32. The van der Waals surface area contributed by atoms with Crippen LogP contribution in [-0.2, 0) is 11.2 Å². The highest BCUT2D eigenvalue weighted by molar-refractivity contribution is 5.80. The average molecular weight is 264 g/mol. The number of carbonyl (C=O) groups is 1. The van der Waals surface area contributed by atoms with Gasteiger partial charge in [-0.25, -0.2) is 0 Å². The number of nitrogens with one attached hydrogen (secondary N) is 2. The van der Waals surface area contributed by atoms with Gasteiger partial charge in [-0.3, -0.25) is 4.79 Å². The molecular formula is C14H20N2O3. The van der Waals surface area contributed by atoms with Crippen LogP contribution in [0.3, 0.4) is 0 Å². The zero-order valence-corrected chi connectivity index (χ0v) is 11.4. The van der Waals surface area contributed by atoms with E-state index in [1.807, 2.05) is 18.2 Å². The Morgan fingerprint density at radius 3 is 2.42 bits per heavy atom. The van der Waals surface area contributed by atoms with Gasteiger partial charge in [-0.1, -0.05) is 6.07 Å². The van der Waals surface area contributed by atoms with Crippen molar-refractivity contribution in [1.82, 2.24) is 10.6 Å². The fraction of sp³-hybridized carbons (Fsp3) is 0.500. The molecule has 1 fully saturated rings. The lowest BCUT2D eigenvalue weighted by atomic mass is 10.0. The lowest BCUT2D eigenvalue weighted by Crippen LogP contribution is -2.48. The van der Waals surface area contributed by atoms with E-state index in [9.17, 15) is 4.79 Å². The highest BCUT2D eigenvalue weighted by atomic mass is 16.5. The molecule has 0 radical (unpaired) electrons. The van der Waals surface area contributed by atoms with Crippen LogP contribution in [0.1, 0.15) is 5.56 Å². The lowest BCUT2D eigenvalue weighted by molar-refractivity contribution is -0.120. The van der Waals surface area contributed by atoms with E-state index in [0.717, 1.165) is 25.2 Å². The molecule has 19 heavy (non-hydrogen) atoms. The maximum absolute atomic E-state index is 12.0. The quantitative estimate of drug-likeness (QED) is 0.789. The van der Waals surface area contributed by atoms with Gasteiger partial charge >= 0.3 is 0 Å². The minimum absolute atomic E-state index is 0.00491. The van der Waals surface area contributed by atoms with Crippen LogP contribution in [0.25, 0.3) is 0 Å². The van der Waals surface area contributed by atoms with Crippen LogP contribution in [0.2, 0.25) is 0 Å². The third-order valence-electron chi connectivity index (χ3n) is 3.32. The Bertz CT molecular complexity index is 422. The van der Waals surface area contributed by atoms with Crippen LogP contribution in [0.5, 0.6) is 11.5 Å². The molecule has 0 aromatic heterocycles. The van der Waals surface area contributed by atoms with Crippen molar-refractivity contribution < 1.29 is 14.3 Å². The second kappa shape index (κ2) is 6.43. The molecule has 0 saturated carbocycles. The van der Waals surface area contributed by atoms with Crippen LogP contribution >= 0.6 is 0 Å². The molecule has 1 aromatic carbocycles. The molecule has 0 atom stereocenters. The van der Waals surface area contributed by atoms with Crippen molar-refractivity contribution in [3.63, 3.8) is 0 Å². The summed E-state index contributed by atoms with van der Waals surface area (Å²) in [7, 11) is 3.19. The van der Waals surface area contributed by atoms with E-state index < -0.39 is 0 Å². The number of hydrogen-bond acceptors (Lipinski definition) is 4. The van der Waals surface area contributed by atoms with Gasteiger partial charge in [0.25, 0.3) is 0 Å². The van der Waals surface area contributed by atoms with Gasteiger partial charge < -0.3 is 20.1 Å². The monoisotopic (exact) mass is 264 g/mol. The van der Waals surface area contributed by atoms with E-state index in [4.69, 9.17) is 9.47 Å². The predicted octanol–water partition coefficient (Wildman–Crippen LogP) is 0.582. The smallest absolute Gasteiger partial charge is 0.224 e. The van der Waals surface area contributed by atoms with E-state index in [-0.39, 0.29) is 12.3 Å². The van der Waals surface area contributed by atoms with Crippen LogP contribution in [0, 0.1) is 5.92 Å². The fourth-order valence-corrected chi connectivity index (χ4v) is 2.08. The molecule has 1 heterocycles. The van der Waals surface area contributed by atoms with Gasteiger partial charge in [0, 0.05) is 31.1 Å². The second-order valence-electron chi connectivity index (χ2n) is 4.65. The zero-order valence-electron chi connectivity index (χ0n) is 11.4. The molecule has 1 amide bonds. The summed E-state index contributed by atoms with van der Waals surface area (Å²) >= 11 is 0. The number of methoxy groups -OCH3 is 2. The van der Waals surface area contributed by atoms with E-state index >= 15 is 0 Å². The van der Waals surface area contributed by atoms with Crippen molar-refractivity contribution in [3.05, 3.63) is 23.8 Å². The maximum Gasteiger partial charge on any atom is 0.224 e. The molecule has 1 aliphatic rings. The molecule has 0 unspecified atom stereocenters. The summed E-state index contributed by atoms with van der Waals surface area (Å²) in [5.74, 6) is 1.91. The molecule has 0 bridgehead atoms. The van der Waals surface area contributed by atoms with Crippen molar-refractivity contribution in [3.8, 4) is 11.5 Å². The summed E-state index contributed by atoms with van der Waals surface area (Å²) in [4.78, 5) is 12.0. The summed E-state index contributed by atoms with van der Waals surface area (Å²) < 4.78 is 10.6. The van der Waals surface area contributed by atoms with Crippen LogP contribution < -0.4 is 20.1 Å². The number of rotatable bonds is 6. The largest absolute Gasteiger partial charge is 0.496 e. The normalized spacial score (nSPS) is 14.6. The van der Waals surface area contributed by atoms with Crippen molar-refractivity contribution in [2.45, 2.75) is 6.42 Å². The van der Waals surface area contributed by atoms with Gasteiger partial charge in [0.1, 0.15) is 11.5 Å². The number of carbonyl (C=O) groups excluding carboxylic acids is 1. The number of amides is 1. The van der Waals surface area contributed by atoms with Gasteiger partial charge in [-0.2, -0.15) is 0 Å². The standard InChI is InChI=1S/C14H20N2O3/c1-18-12-4-3-5-13(19-2)11(12)6-14(17)16-9-10-7-15-8-10/h3-5,10,15H,6-9H2,1-2H3,(H,16,17). The fourth-order valence-electron chi connectivity index (χ4n) is 2.08. The summed E-state index contributed by atoms with van der Waals surface area (Å²) in [6, 6.07) is 5.51. The van der Waals surface area contributed by atoms with E-state index in [1.54, 1.807) is 14.2 Å². The molecule has 2 N–H and O–H groups in total. The van der Waals surface area contributed by atoms with Gasteiger partial charge in [0.05, 0.1) is 20.6 Å². The minimum atomic E-state index is -0.00491. The predicted molar refractivity (Wildman–Crippen MR) is 72.6 cm³/mol. The highest BCUT2D eigenvalue weighted by Gasteiger charge is 2.18. The summed E-state index contributed by atoms with van der Waals surface area (Å²) in [6.45, 7) is 2.69. The Hall–Kier alpha value is -1.75. The summed E-state index contributed by atoms with van der Waals surface area (Å²) in [6.07, 6.45) is 0.271. The molecule has 5 heteroatoms. The molecule has 2 rings (SSSR count). The lowest BCUT2D eigenvalue weighted by Gasteiger charge is -2.27. The summed E-state index contributed by atoms with van der Waals surface area (Å²) in [5.41, 5.74) is 0.789. The van der Waals surface area contributed by atoms with E-state index in [0.29, 0.717) is 17.4 Å². The number of ether oxygens (including phenoxy) is 2. The molecule has 5 nitrogen and oxygen atoms in total. The van der Waals surface area contributed by atoms with Gasteiger partial charge in [-0.05, 0) is 12.1 Å². The first-order valence-electron chi connectivity index (χ1n) is 6.42. The number of hydrogen-bond donors (Lipinski definition) is 2. The average Bonchev–Trinajstić information content (AvgIpc) is 2.37. The molecule has 104 valence electrons. The first-order valence-corrected chi connectivity index (χ1v) is 6.42. The van der Waals surface area contributed by atoms with Crippen molar-refractivity contribution in [1.29, 1.82) is 0 Å². The van der Waals surface area contributed by atoms with Crippen molar-refractivity contribution in [2.75, 3.05) is 33.9 Å². The van der Waals surface area contributed by atoms with Crippen LogP contribution in [0.4, 0.5) is 0 Å². The zero-order chi connectivity index (χ0) is 13.7. The molecule has 0 aliphatic carbocycles. The van der Waals surface area contributed by atoms with Crippen LogP contribution in [-0.4, -0.2) is 39.8 Å². The molecular weight excluding hydrogens is 244 g/mol. The SMILES string of the molecule is COc1cccc(OC)c1CC(=O)NCC1CNC1. The van der Waals surface area contributed by atoms with E-state index in [1.165, 1.54) is 0 Å². The Kier molecular flexibility index (Phi) is 4.63. The first kappa shape index (κ1) is 13.7.